The average Bonchev–Trinajstić information content (AvgIpc) is 2.18. The molecule has 0 saturated heterocycles. The number of unbranched alkanes of at least 4 members (excludes halogenated alkanes) is 2. The molecule has 84 valence electrons. The fraction of sp³-hybridized carbons (Fsp3) is 0.538. The second kappa shape index (κ2) is 5.53. The highest BCUT2D eigenvalue weighted by atomic mass is 35.5. The Morgan fingerprint density at radius 2 is 1.93 bits per heavy atom. The first-order valence-corrected chi connectivity index (χ1v) is 5.99. The van der Waals surface area contributed by atoms with Gasteiger partial charge in [0, 0.05) is 10.6 Å². The van der Waals surface area contributed by atoms with Gasteiger partial charge in [-0.3, -0.25) is 0 Å². The van der Waals surface area contributed by atoms with Gasteiger partial charge < -0.3 is 5.73 Å². The molecule has 1 unspecified atom stereocenters. The van der Waals surface area contributed by atoms with Crippen molar-refractivity contribution in [2.75, 3.05) is 0 Å². The summed E-state index contributed by atoms with van der Waals surface area (Å²) < 4.78 is 0. The van der Waals surface area contributed by atoms with Crippen molar-refractivity contribution in [2.24, 2.45) is 5.73 Å². The highest BCUT2D eigenvalue weighted by Crippen LogP contribution is 2.29. The molecule has 0 bridgehead atoms. The number of hydrogen-bond acceptors (Lipinski definition) is 1. The maximum Gasteiger partial charge on any atom is 0.0456 e. The topological polar surface area (TPSA) is 26.0 Å². The monoisotopic (exact) mass is 225 g/mol. The van der Waals surface area contributed by atoms with Crippen LogP contribution in [0.15, 0.2) is 24.3 Å². The molecule has 0 aromatic heterocycles. The van der Waals surface area contributed by atoms with E-state index < -0.39 is 0 Å². The highest BCUT2D eigenvalue weighted by molar-refractivity contribution is 6.31. The fourth-order valence-electron chi connectivity index (χ4n) is 1.80. The summed E-state index contributed by atoms with van der Waals surface area (Å²) in [6.07, 6.45) is 4.61. The molecule has 0 fully saturated rings. The quantitative estimate of drug-likeness (QED) is 0.751. The Balaban J connectivity index is 2.72. The Morgan fingerprint density at radius 1 is 1.27 bits per heavy atom. The lowest BCUT2D eigenvalue weighted by Crippen LogP contribution is -2.33. The van der Waals surface area contributed by atoms with Gasteiger partial charge in [0.05, 0.1) is 0 Å². The number of rotatable bonds is 5. The molecular weight excluding hydrogens is 206 g/mol. The van der Waals surface area contributed by atoms with Crippen molar-refractivity contribution in [1.29, 1.82) is 0 Å². The summed E-state index contributed by atoms with van der Waals surface area (Å²) in [5, 5.41) is 0.777. The highest BCUT2D eigenvalue weighted by Gasteiger charge is 2.22. The lowest BCUT2D eigenvalue weighted by atomic mass is 9.87. The third-order valence-electron chi connectivity index (χ3n) is 2.79. The van der Waals surface area contributed by atoms with Crippen LogP contribution in [0.4, 0.5) is 0 Å². The lowest BCUT2D eigenvalue weighted by molar-refractivity contribution is 0.427. The van der Waals surface area contributed by atoms with Crippen molar-refractivity contribution in [1.82, 2.24) is 0 Å². The van der Waals surface area contributed by atoms with E-state index in [1.807, 2.05) is 24.3 Å². The van der Waals surface area contributed by atoms with E-state index in [1.165, 1.54) is 12.8 Å². The van der Waals surface area contributed by atoms with Crippen molar-refractivity contribution in [3.63, 3.8) is 0 Å². The molecule has 2 heteroatoms. The summed E-state index contributed by atoms with van der Waals surface area (Å²) in [7, 11) is 0. The van der Waals surface area contributed by atoms with Crippen molar-refractivity contribution in [3.8, 4) is 0 Å². The molecule has 0 spiro atoms. The van der Waals surface area contributed by atoms with Gasteiger partial charge in [0.1, 0.15) is 0 Å². The van der Waals surface area contributed by atoms with Crippen molar-refractivity contribution < 1.29 is 0 Å². The van der Waals surface area contributed by atoms with Crippen LogP contribution >= 0.6 is 11.6 Å². The van der Waals surface area contributed by atoms with Gasteiger partial charge in [-0.15, -0.1) is 0 Å². The largest absolute Gasteiger partial charge is 0.322 e. The van der Waals surface area contributed by atoms with Gasteiger partial charge in [-0.2, -0.15) is 0 Å². The SMILES string of the molecule is CCCCCC(C)(N)c1ccccc1Cl. The minimum absolute atomic E-state index is 0.298. The van der Waals surface area contributed by atoms with Gasteiger partial charge in [0.15, 0.2) is 0 Å². The summed E-state index contributed by atoms with van der Waals surface area (Å²) >= 11 is 6.14. The molecule has 2 N–H and O–H groups in total. The molecule has 0 aliphatic carbocycles. The first-order chi connectivity index (χ1) is 7.08. The second-order valence-electron chi connectivity index (χ2n) is 4.35. The molecule has 0 amide bonds. The molecular formula is C13H20ClN. The Labute approximate surface area is 97.6 Å². The number of halogens is 1. The number of nitrogens with two attached hydrogens (primary N) is 1. The van der Waals surface area contributed by atoms with Crippen LogP contribution in [0.5, 0.6) is 0 Å². The fourth-order valence-corrected chi connectivity index (χ4v) is 2.15. The predicted octanol–water partition coefficient (Wildman–Crippen LogP) is 4.09. The van der Waals surface area contributed by atoms with Crippen LogP contribution in [-0.2, 0) is 5.54 Å². The third-order valence-corrected chi connectivity index (χ3v) is 3.12. The normalized spacial score (nSPS) is 14.9. The molecule has 0 saturated carbocycles. The van der Waals surface area contributed by atoms with Crippen LogP contribution in [0.1, 0.15) is 45.1 Å². The van der Waals surface area contributed by atoms with Crippen LogP contribution in [0.25, 0.3) is 0 Å². The lowest BCUT2D eigenvalue weighted by Gasteiger charge is -2.26. The zero-order chi connectivity index (χ0) is 11.3. The molecule has 1 aromatic carbocycles. The van der Waals surface area contributed by atoms with Gasteiger partial charge in [-0.1, -0.05) is 56.0 Å². The van der Waals surface area contributed by atoms with Crippen LogP contribution in [-0.4, -0.2) is 0 Å². The van der Waals surface area contributed by atoms with E-state index in [-0.39, 0.29) is 5.54 Å². The van der Waals surface area contributed by atoms with Gasteiger partial charge >= 0.3 is 0 Å². The van der Waals surface area contributed by atoms with Gasteiger partial charge in [-0.25, -0.2) is 0 Å². The summed E-state index contributed by atoms with van der Waals surface area (Å²) in [6, 6.07) is 7.86. The van der Waals surface area contributed by atoms with E-state index in [4.69, 9.17) is 17.3 Å². The zero-order valence-corrected chi connectivity index (χ0v) is 10.3. The smallest absolute Gasteiger partial charge is 0.0456 e. The maximum atomic E-state index is 6.30. The number of hydrogen-bond donors (Lipinski definition) is 1. The summed E-state index contributed by atoms with van der Waals surface area (Å²) in [5.74, 6) is 0. The average molecular weight is 226 g/mol. The van der Waals surface area contributed by atoms with E-state index in [0.717, 1.165) is 23.4 Å². The predicted molar refractivity (Wildman–Crippen MR) is 67.1 cm³/mol. The second-order valence-corrected chi connectivity index (χ2v) is 4.76. The van der Waals surface area contributed by atoms with Crippen LogP contribution in [0.3, 0.4) is 0 Å². The molecule has 0 aliphatic rings. The zero-order valence-electron chi connectivity index (χ0n) is 9.59. The van der Waals surface area contributed by atoms with Crippen LogP contribution in [0, 0.1) is 0 Å². The molecule has 0 heterocycles. The van der Waals surface area contributed by atoms with E-state index >= 15 is 0 Å². The van der Waals surface area contributed by atoms with Gasteiger partial charge in [0.25, 0.3) is 0 Å². The molecule has 1 rings (SSSR count). The van der Waals surface area contributed by atoms with Crippen molar-refractivity contribution in [3.05, 3.63) is 34.9 Å². The van der Waals surface area contributed by atoms with Gasteiger partial charge in [0.2, 0.25) is 0 Å². The van der Waals surface area contributed by atoms with Crippen LogP contribution < -0.4 is 5.73 Å². The molecule has 0 aliphatic heterocycles. The number of benzene rings is 1. The Hall–Kier alpha value is -0.530. The van der Waals surface area contributed by atoms with Gasteiger partial charge in [-0.05, 0) is 25.0 Å². The van der Waals surface area contributed by atoms with E-state index in [2.05, 4.69) is 13.8 Å². The minimum atomic E-state index is -0.298. The van der Waals surface area contributed by atoms with Crippen molar-refractivity contribution >= 4 is 11.6 Å². The molecule has 15 heavy (non-hydrogen) atoms. The first-order valence-electron chi connectivity index (χ1n) is 5.62. The summed E-state index contributed by atoms with van der Waals surface area (Å²) in [6.45, 7) is 4.26. The first kappa shape index (κ1) is 12.5. The summed E-state index contributed by atoms with van der Waals surface area (Å²) in [4.78, 5) is 0. The van der Waals surface area contributed by atoms with Crippen LogP contribution in [0.2, 0.25) is 5.02 Å². The third kappa shape index (κ3) is 3.51. The summed E-state index contributed by atoms with van der Waals surface area (Å²) in [5.41, 5.74) is 7.06. The molecule has 1 aromatic rings. The molecule has 1 atom stereocenters. The Kier molecular flexibility index (Phi) is 4.62. The molecule has 1 nitrogen and oxygen atoms in total. The molecule has 0 radical (unpaired) electrons. The minimum Gasteiger partial charge on any atom is -0.322 e. The Morgan fingerprint density at radius 3 is 2.53 bits per heavy atom. The van der Waals surface area contributed by atoms with E-state index in [9.17, 15) is 0 Å². The Bertz CT molecular complexity index is 307. The van der Waals surface area contributed by atoms with E-state index in [1.54, 1.807) is 0 Å². The maximum absolute atomic E-state index is 6.30. The standard InChI is InChI=1S/C13H20ClN/c1-3-4-7-10-13(2,15)11-8-5-6-9-12(11)14/h5-6,8-9H,3-4,7,10,15H2,1-2H3. The van der Waals surface area contributed by atoms with E-state index in [0.29, 0.717) is 0 Å². The van der Waals surface area contributed by atoms with Crippen molar-refractivity contribution in [2.45, 2.75) is 45.1 Å².